The number of rotatable bonds is 4. The van der Waals surface area contributed by atoms with Crippen LogP contribution in [-0.4, -0.2) is 32.8 Å². The predicted octanol–water partition coefficient (Wildman–Crippen LogP) is 1.57. The summed E-state index contributed by atoms with van der Waals surface area (Å²) in [4.78, 5) is 19.5. The number of nitrogens with zero attached hydrogens (tertiary/aromatic N) is 4. The van der Waals surface area contributed by atoms with Crippen molar-refractivity contribution in [2.75, 3.05) is 7.11 Å². The van der Waals surface area contributed by atoms with E-state index >= 15 is 0 Å². The number of carbonyl (C=O) groups is 1. The fourth-order valence-corrected chi connectivity index (χ4v) is 1.74. The van der Waals surface area contributed by atoms with Gasteiger partial charge in [-0.2, -0.15) is 5.10 Å². The van der Waals surface area contributed by atoms with Crippen LogP contribution in [0.25, 0.3) is 5.82 Å². The molecule has 0 atom stereocenters. The average Bonchev–Trinajstić information content (AvgIpc) is 2.90. The van der Waals surface area contributed by atoms with Crippen molar-refractivity contribution in [1.29, 1.82) is 0 Å². The van der Waals surface area contributed by atoms with Gasteiger partial charge in [0.05, 0.1) is 25.2 Å². The number of aromatic nitrogens is 4. The molecule has 0 N–H and O–H groups in total. The highest BCUT2D eigenvalue weighted by atomic mass is 16.5. The van der Waals surface area contributed by atoms with Gasteiger partial charge < -0.3 is 4.74 Å². The smallest absolute Gasteiger partial charge is 0.358 e. The molecule has 0 saturated carbocycles. The van der Waals surface area contributed by atoms with Gasteiger partial charge in [-0.15, -0.1) is 0 Å². The molecule has 0 spiro atoms. The molecule has 6 nitrogen and oxygen atoms in total. The van der Waals surface area contributed by atoms with Crippen LogP contribution in [0.15, 0.2) is 18.5 Å². The van der Waals surface area contributed by atoms with E-state index in [9.17, 15) is 4.79 Å². The minimum atomic E-state index is -0.496. The van der Waals surface area contributed by atoms with Crippen molar-refractivity contribution < 1.29 is 9.53 Å². The topological polar surface area (TPSA) is 69.9 Å². The van der Waals surface area contributed by atoms with Gasteiger partial charge in [-0.3, -0.25) is 0 Å². The van der Waals surface area contributed by atoms with Crippen LogP contribution in [0.3, 0.4) is 0 Å². The molecule has 0 bridgehead atoms. The molecule has 2 aromatic heterocycles. The van der Waals surface area contributed by atoms with Gasteiger partial charge in [0.1, 0.15) is 0 Å². The van der Waals surface area contributed by atoms with Crippen LogP contribution in [0.5, 0.6) is 0 Å². The van der Waals surface area contributed by atoms with Crippen LogP contribution in [0.4, 0.5) is 0 Å². The summed E-state index contributed by atoms with van der Waals surface area (Å²) >= 11 is 0. The molecule has 0 saturated heterocycles. The van der Waals surface area contributed by atoms with E-state index in [0.717, 1.165) is 24.2 Å². The SMILES string of the molecule is CCc1cc(CC)n(-c2cnc(C(=O)OC)cn2)n1. The van der Waals surface area contributed by atoms with Crippen LogP contribution in [-0.2, 0) is 17.6 Å². The van der Waals surface area contributed by atoms with Crippen LogP contribution in [0, 0.1) is 0 Å². The first-order chi connectivity index (χ1) is 9.19. The molecule has 0 aliphatic carbocycles. The molecule has 2 rings (SSSR count). The first-order valence-corrected chi connectivity index (χ1v) is 6.18. The molecular weight excluding hydrogens is 244 g/mol. The summed E-state index contributed by atoms with van der Waals surface area (Å²) in [7, 11) is 1.31. The lowest BCUT2D eigenvalue weighted by molar-refractivity contribution is 0.0593. The van der Waals surface area contributed by atoms with E-state index in [-0.39, 0.29) is 5.69 Å². The second kappa shape index (κ2) is 5.60. The van der Waals surface area contributed by atoms with Crippen molar-refractivity contribution in [2.45, 2.75) is 26.7 Å². The lowest BCUT2D eigenvalue weighted by Crippen LogP contribution is -2.09. The molecule has 0 aliphatic rings. The Hall–Kier alpha value is -2.24. The van der Waals surface area contributed by atoms with Crippen LogP contribution in [0.2, 0.25) is 0 Å². The number of hydrogen-bond acceptors (Lipinski definition) is 5. The number of methoxy groups -OCH3 is 1. The average molecular weight is 260 g/mol. The Bertz CT molecular complexity index is 575. The Labute approximate surface area is 111 Å². The summed E-state index contributed by atoms with van der Waals surface area (Å²) < 4.78 is 6.34. The molecule has 2 heterocycles. The minimum absolute atomic E-state index is 0.187. The summed E-state index contributed by atoms with van der Waals surface area (Å²) in [6.45, 7) is 4.11. The van der Waals surface area contributed by atoms with Crippen LogP contribution < -0.4 is 0 Å². The van der Waals surface area contributed by atoms with Crippen molar-refractivity contribution in [3.05, 3.63) is 35.5 Å². The lowest BCUT2D eigenvalue weighted by Gasteiger charge is -2.04. The standard InChI is InChI=1S/C13H16N4O2/c1-4-9-6-10(5-2)17(16-9)12-8-14-11(7-15-12)13(18)19-3/h6-8H,4-5H2,1-3H3. The monoisotopic (exact) mass is 260 g/mol. The Morgan fingerprint density at radius 2 is 2.05 bits per heavy atom. The van der Waals surface area contributed by atoms with Crippen molar-refractivity contribution in [1.82, 2.24) is 19.7 Å². The second-order valence-electron chi connectivity index (χ2n) is 4.00. The normalized spacial score (nSPS) is 10.5. The Morgan fingerprint density at radius 1 is 1.26 bits per heavy atom. The molecule has 0 aliphatic heterocycles. The van der Waals surface area contributed by atoms with E-state index in [0.29, 0.717) is 5.82 Å². The van der Waals surface area contributed by atoms with E-state index in [1.807, 2.05) is 0 Å². The molecule has 19 heavy (non-hydrogen) atoms. The van der Waals surface area contributed by atoms with Crippen LogP contribution in [0.1, 0.15) is 35.7 Å². The summed E-state index contributed by atoms with van der Waals surface area (Å²) in [5.74, 6) is 0.105. The fourth-order valence-electron chi connectivity index (χ4n) is 1.74. The summed E-state index contributed by atoms with van der Waals surface area (Å²) in [6.07, 6.45) is 4.65. The number of carbonyl (C=O) groups excluding carboxylic acids is 1. The maximum absolute atomic E-state index is 11.3. The molecule has 0 radical (unpaired) electrons. The van der Waals surface area contributed by atoms with Gasteiger partial charge in [0.2, 0.25) is 0 Å². The maximum Gasteiger partial charge on any atom is 0.358 e. The highest BCUT2D eigenvalue weighted by Gasteiger charge is 2.11. The lowest BCUT2D eigenvalue weighted by atomic mass is 10.3. The zero-order valence-corrected chi connectivity index (χ0v) is 11.3. The van der Waals surface area contributed by atoms with Gasteiger partial charge >= 0.3 is 5.97 Å². The van der Waals surface area contributed by atoms with E-state index < -0.39 is 5.97 Å². The Kier molecular flexibility index (Phi) is 3.89. The molecule has 100 valence electrons. The van der Waals surface area contributed by atoms with Crippen molar-refractivity contribution in [3.63, 3.8) is 0 Å². The van der Waals surface area contributed by atoms with Gasteiger partial charge in [-0.25, -0.2) is 19.4 Å². The largest absolute Gasteiger partial charge is 0.464 e. The summed E-state index contributed by atoms with van der Waals surface area (Å²) in [5, 5.41) is 4.46. The van der Waals surface area contributed by atoms with E-state index in [2.05, 4.69) is 39.7 Å². The summed E-state index contributed by atoms with van der Waals surface area (Å²) in [6, 6.07) is 2.05. The third-order valence-corrected chi connectivity index (χ3v) is 2.81. The predicted molar refractivity (Wildman–Crippen MR) is 69.2 cm³/mol. The Balaban J connectivity index is 2.36. The van der Waals surface area contributed by atoms with Crippen molar-refractivity contribution in [3.8, 4) is 5.82 Å². The molecular formula is C13H16N4O2. The minimum Gasteiger partial charge on any atom is -0.464 e. The quantitative estimate of drug-likeness (QED) is 0.780. The zero-order chi connectivity index (χ0) is 13.8. The van der Waals surface area contributed by atoms with Gasteiger partial charge in [-0.05, 0) is 18.9 Å². The highest BCUT2D eigenvalue weighted by molar-refractivity contribution is 5.86. The first kappa shape index (κ1) is 13.2. The first-order valence-electron chi connectivity index (χ1n) is 6.18. The third kappa shape index (κ3) is 2.62. The van der Waals surface area contributed by atoms with E-state index in [1.54, 1.807) is 4.68 Å². The van der Waals surface area contributed by atoms with Crippen molar-refractivity contribution >= 4 is 5.97 Å². The molecule has 0 aromatic carbocycles. The molecule has 6 heteroatoms. The van der Waals surface area contributed by atoms with Crippen LogP contribution >= 0.6 is 0 Å². The molecule has 0 fully saturated rings. The van der Waals surface area contributed by atoms with Gasteiger partial charge in [0.25, 0.3) is 0 Å². The van der Waals surface area contributed by atoms with Gasteiger partial charge in [-0.1, -0.05) is 13.8 Å². The van der Waals surface area contributed by atoms with E-state index in [4.69, 9.17) is 0 Å². The number of hydrogen-bond donors (Lipinski definition) is 0. The number of esters is 1. The molecule has 2 aromatic rings. The number of ether oxygens (including phenoxy) is 1. The second-order valence-corrected chi connectivity index (χ2v) is 4.00. The summed E-state index contributed by atoms with van der Waals surface area (Å²) in [5.41, 5.74) is 2.26. The highest BCUT2D eigenvalue weighted by Crippen LogP contribution is 2.11. The fraction of sp³-hybridized carbons (Fsp3) is 0.385. The van der Waals surface area contributed by atoms with Gasteiger partial charge in [0, 0.05) is 5.69 Å². The van der Waals surface area contributed by atoms with Gasteiger partial charge in [0.15, 0.2) is 11.5 Å². The maximum atomic E-state index is 11.3. The Morgan fingerprint density at radius 3 is 2.58 bits per heavy atom. The zero-order valence-electron chi connectivity index (χ0n) is 11.3. The molecule has 0 amide bonds. The van der Waals surface area contributed by atoms with E-state index in [1.165, 1.54) is 19.5 Å². The molecule has 0 unspecified atom stereocenters. The van der Waals surface area contributed by atoms with Crippen molar-refractivity contribution in [2.24, 2.45) is 0 Å². The number of aryl methyl sites for hydroxylation is 2. The third-order valence-electron chi connectivity index (χ3n) is 2.81.